The number of hydrogen-bond donors (Lipinski definition) is 0. The number of aromatic nitrogens is 2. The van der Waals surface area contributed by atoms with Gasteiger partial charge in [-0.05, 0) is 12.1 Å². The maximum absolute atomic E-state index is 4.26. The smallest absolute Gasteiger partial charge is 0.0979 e. The first-order valence-corrected chi connectivity index (χ1v) is 4.45. The van der Waals surface area contributed by atoms with Crippen LogP contribution < -0.4 is 0 Å². The summed E-state index contributed by atoms with van der Waals surface area (Å²) >= 11 is 0. The lowest BCUT2D eigenvalue weighted by Gasteiger charge is -2.00. The summed E-state index contributed by atoms with van der Waals surface area (Å²) in [6, 6.07) is 9.95. The molecule has 2 nitrogen and oxygen atoms in total. The van der Waals surface area contributed by atoms with Gasteiger partial charge in [0.25, 0.3) is 0 Å². The van der Waals surface area contributed by atoms with Gasteiger partial charge in [-0.2, -0.15) is 0 Å². The number of rotatable bonds is 0. The third-order valence-electron chi connectivity index (χ3n) is 2.31. The highest BCUT2D eigenvalue weighted by Crippen LogP contribution is 2.21. The second-order valence-electron chi connectivity index (χ2n) is 3.16. The predicted molar refractivity (Wildman–Crippen MR) is 55.9 cm³/mol. The van der Waals surface area contributed by atoms with Gasteiger partial charge in [-0.1, -0.05) is 18.2 Å². The summed E-state index contributed by atoms with van der Waals surface area (Å²) in [5.74, 6) is 0. The van der Waals surface area contributed by atoms with Crippen LogP contribution in [-0.2, 0) is 0 Å². The second kappa shape index (κ2) is 2.77. The van der Waals surface area contributed by atoms with E-state index in [1.54, 1.807) is 6.20 Å². The van der Waals surface area contributed by atoms with Crippen molar-refractivity contribution in [3.05, 3.63) is 48.9 Å². The van der Waals surface area contributed by atoms with Gasteiger partial charge in [-0.25, -0.2) is 4.98 Å². The van der Waals surface area contributed by atoms with Gasteiger partial charge in [0.15, 0.2) is 0 Å². The van der Waals surface area contributed by atoms with Crippen molar-refractivity contribution in [1.82, 2.24) is 9.97 Å². The molecular formula is C12H7N2. The zero-order chi connectivity index (χ0) is 9.38. The largest absolute Gasteiger partial charge is 0.264 e. The zero-order valence-corrected chi connectivity index (χ0v) is 7.44. The highest BCUT2D eigenvalue weighted by molar-refractivity contribution is 6.04. The molecule has 2 heteroatoms. The third-order valence-corrected chi connectivity index (χ3v) is 2.31. The first-order chi connectivity index (χ1) is 6.95. The van der Waals surface area contributed by atoms with Crippen LogP contribution in [0.2, 0.25) is 0 Å². The van der Waals surface area contributed by atoms with Crippen LogP contribution in [0.15, 0.2) is 42.7 Å². The summed E-state index contributed by atoms with van der Waals surface area (Å²) in [6.07, 6.45) is 6.62. The molecule has 3 aromatic rings. The Bertz CT molecular complexity index is 547. The van der Waals surface area contributed by atoms with Crippen LogP contribution in [0.5, 0.6) is 0 Å². The summed E-state index contributed by atoms with van der Waals surface area (Å²) in [4.78, 5) is 8.37. The molecule has 0 aliphatic heterocycles. The monoisotopic (exact) mass is 179 g/mol. The van der Waals surface area contributed by atoms with Crippen molar-refractivity contribution < 1.29 is 0 Å². The Morgan fingerprint density at radius 1 is 1.00 bits per heavy atom. The van der Waals surface area contributed by atoms with Gasteiger partial charge < -0.3 is 0 Å². The molecule has 0 unspecified atom stereocenters. The third kappa shape index (κ3) is 0.973. The molecule has 65 valence electrons. The molecule has 0 aliphatic rings. The summed E-state index contributed by atoms with van der Waals surface area (Å²) in [5, 5.41) is 3.26. The molecule has 2 aromatic heterocycles. The SMILES string of the molecule is [c]1nc2ccccc2c2cnccc12. The normalized spacial score (nSPS) is 10.9. The van der Waals surface area contributed by atoms with Crippen molar-refractivity contribution in [1.29, 1.82) is 0 Å². The fraction of sp³-hybridized carbons (Fsp3) is 0. The first-order valence-electron chi connectivity index (χ1n) is 4.45. The van der Waals surface area contributed by atoms with E-state index in [0.717, 1.165) is 21.7 Å². The van der Waals surface area contributed by atoms with Crippen LogP contribution in [0.1, 0.15) is 0 Å². The van der Waals surface area contributed by atoms with Crippen molar-refractivity contribution in [2.75, 3.05) is 0 Å². The number of pyridine rings is 2. The minimum Gasteiger partial charge on any atom is -0.264 e. The highest BCUT2D eigenvalue weighted by Gasteiger charge is 1.99. The van der Waals surface area contributed by atoms with Crippen LogP contribution in [0.25, 0.3) is 21.7 Å². The highest BCUT2D eigenvalue weighted by atomic mass is 14.7. The molecule has 0 spiro atoms. The fourth-order valence-corrected chi connectivity index (χ4v) is 1.63. The number of benzene rings is 1. The summed E-state index contributed by atoms with van der Waals surface area (Å²) in [7, 11) is 0. The number of hydrogen-bond acceptors (Lipinski definition) is 2. The Hall–Kier alpha value is -1.96. The molecule has 1 aromatic carbocycles. The minimum atomic E-state index is 0.966. The number of para-hydroxylation sites is 1. The van der Waals surface area contributed by atoms with Gasteiger partial charge in [0.1, 0.15) is 0 Å². The van der Waals surface area contributed by atoms with E-state index in [1.165, 1.54) is 0 Å². The molecule has 0 fully saturated rings. The van der Waals surface area contributed by atoms with Crippen molar-refractivity contribution in [2.24, 2.45) is 0 Å². The van der Waals surface area contributed by atoms with E-state index in [1.807, 2.05) is 30.5 Å². The number of fused-ring (bicyclic) bond motifs is 3. The van der Waals surface area contributed by atoms with Gasteiger partial charge in [-0.3, -0.25) is 4.98 Å². The molecule has 0 bridgehead atoms. The van der Waals surface area contributed by atoms with Gasteiger partial charge >= 0.3 is 0 Å². The molecule has 3 rings (SSSR count). The molecule has 0 saturated carbocycles. The summed E-state index contributed by atoms with van der Waals surface area (Å²) in [5.41, 5.74) is 0.966. The maximum Gasteiger partial charge on any atom is 0.0979 e. The zero-order valence-electron chi connectivity index (χ0n) is 7.44. The van der Waals surface area contributed by atoms with Crippen LogP contribution in [0, 0.1) is 6.20 Å². The lowest BCUT2D eigenvalue weighted by Crippen LogP contribution is -1.82. The van der Waals surface area contributed by atoms with E-state index in [9.17, 15) is 0 Å². The Morgan fingerprint density at radius 3 is 2.93 bits per heavy atom. The minimum absolute atomic E-state index is 0.966. The summed E-state index contributed by atoms with van der Waals surface area (Å²) in [6.45, 7) is 0. The van der Waals surface area contributed by atoms with E-state index in [2.05, 4.69) is 22.2 Å². The molecule has 0 atom stereocenters. The van der Waals surface area contributed by atoms with Gasteiger partial charge in [0, 0.05) is 28.6 Å². The van der Waals surface area contributed by atoms with Gasteiger partial charge in [-0.15, -0.1) is 0 Å². The first kappa shape index (κ1) is 7.44. The maximum atomic E-state index is 4.26. The van der Waals surface area contributed by atoms with Crippen LogP contribution in [-0.4, -0.2) is 9.97 Å². The standard InChI is InChI=1S/C12H7N2/c1-2-4-12-10(3-1)11-8-13-6-5-9(11)7-14-12/h1-6,8H. The average Bonchev–Trinajstić information content (AvgIpc) is 2.29. The predicted octanol–water partition coefficient (Wildman–Crippen LogP) is 2.58. The van der Waals surface area contributed by atoms with Crippen LogP contribution in [0.4, 0.5) is 0 Å². The van der Waals surface area contributed by atoms with Crippen LogP contribution in [0.3, 0.4) is 0 Å². The van der Waals surface area contributed by atoms with Crippen molar-refractivity contribution >= 4 is 21.7 Å². The van der Waals surface area contributed by atoms with E-state index in [-0.39, 0.29) is 0 Å². The summed E-state index contributed by atoms with van der Waals surface area (Å²) < 4.78 is 0. The molecule has 0 amide bonds. The second-order valence-corrected chi connectivity index (χ2v) is 3.16. The van der Waals surface area contributed by atoms with E-state index < -0.39 is 0 Å². The van der Waals surface area contributed by atoms with Crippen molar-refractivity contribution in [3.63, 3.8) is 0 Å². The quantitative estimate of drug-likeness (QED) is 0.496. The molecule has 2 heterocycles. The van der Waals surface area contributed by atoms with E-state index in [0.29, 0.717) is 0 Å². The number of nitrogens with zero attached hydrogens (tertiary/aromatic N) is 2. The van der Waals surface area contributed by atoms with Crippen molar-refractivity contribution in [2.45, 2.75) is 0 Å². The van der Waals surface area contributed by atoms with E-state index >= 15 is 0 Å². The Kier molecular flexibility index (Phi) is 1.47. The Balaban J connectivity index is 2.61. The van der Waals surface area contributed by atoms with Gasteiger partial charge in [0.05, 0.1) is 11.7 Å². The van der Waals surface area contributed by atoms with Crippen LogP contribution >= 0.6 is 0 Å². The Labute approximate surface area is 81.2 Å². The topological polar surface area (TPSA) is 25.8 Å². The van der Waals surface area contributed by atoms with Crippen molar-refractivity contribution in [3.8, 4) is 0 Å². The Morgan fingerprint density at radius 2 is 1.93 bits per heavy atom. The molecule has 1 radical (unpaired) electrons. The molecular weight excluding hydrogens is 172 g/mol. The molecule has 0 N–H and O–H groups in total. The van der Waals surface area contributed by atoms with Gasteiger partial charge in [0.2, 0.25) is 0 Å². The lowest BCUT2D eigenvalue weighted by molar-refractivity contribution is 1.35. The molecule has 0 saturated heterocycles. The molecule has 0 aliphatic carbocycles. The molecule has 14 heavy (non-hydrogen) atoms. The average molecular weight is 179 g/mol. The van der Waals surface area contributed by atoms with E-state index in [4.69, 9.17) is 0 Å². The fourth-order valence-electron chi connectivity index (χ4n) is 1.63. The lowest BCUT2D eigenvalue weighted by atomic mass is 10.1.